The Morgan fingerprint density at radius 2 is 1.90 bits per heavy atom. The first-order valence-corrected chi connectivity index (χ1v) is 7.25. The first-order chi connectivity index (χ1) is 10.2. The number of carbonyl (C=O) groups is 2. The quantitative estimate of drug-likeness (QED) is 0.801. The highest BCUT2D eigenvalue weighted by Gasteiger charge is 2.50. The van der Waals surface area contributed by atoms with Gasteiger partial charge in [0, 0.05) is 25.8 Å². The molecular formula is C15H20N4O2. The molecule has 2 fully saturated rings. The average Bonchev–Trinajstić information content (AvgIpc) is 2.85. The van der Waals surface area contributed by atoms with Gasteiger partial charge in [0.25, 0.3) is 0 Å². The SMILES string of the molecule is CNC(=O)N1CCC2(CC1)C(=O)NCN2c1ccccc1. The van der Waals surface area contributed by atoms with Crippen molar-refractivity contribution in [1.29, 1.82) is 0 Å². The van der Waals surface area contributed by atoms with E-state index in [4.69, 9.17) is 0 Å². The Balaban J connectivity index is 1.82. The first kappa shape index (κ1) is 13.7. The Kier molecular flexibility index (Phi) is 3.45. The standard InChI is InChI=1S/C15H20N4O2/c1-16-14(21)18-9-7-15(8-10-18)13(20)17-11-19(15)12-5-3-2-4-6-12/h2-6H,7-11H2,1H3,(H,16,21)(H,17,20). The summed E-state index contributed by atoms with van der Waals surface area (Å²) in [4.78, 5) is 28.0. The number of para-hydroxylation sites is 1. The predicted molar refractivity (Wildman–Crippen MR) is 79.9 cm³/mol. The lowest BCUT2D eigenvalue weighted by Gasteiger charge is -2.43. The zero-order valence-electron chi connectivity index (χ0n) is 12.1. The fourth-order valence-electron chi connectivity index (χ4n) is 3.27. The lowest BCUT2D eigenvalue weighted by Crippen LogP contribution is -2.58. The highest BCUT2D eigenvalue weighted by molar-refractivity contribution is 5.93. The molecule has 0 unspecified atom stereocenters. The molecule has 0 aromatic heterocycles. The van der Waals surface area contributed by atoms with Crippen LogP contribution in [0, 0.1) is 0 Å². The van der Waals surface area contributed by atoms with Crippen molar-refractivity contribution in [2.45, 2.75) is 18.4 Å². The number of amides is 3. The summed E-state index contributed by atoms with van der Waals surface area (Å²) in [6.45, 7) is 1.72. The van der Waals surface area contributed by atoms with E-state index in [-0.39, 0.29) is 11.9 Å². The van der Waals surface area contributed by atoms with Crippen molar-refractivity contribution < 1.29 is 9.59 Å². The number of carbonyl (C=O) groups excluding carboxylic acids is 2. The Hall–Kier alpha value is -2.24. The number of urea groups is 1. The van der Waals surface area contributed by atoms with Crippen LogP contribution in [0.5, 0.6) is 0 Å². The number of hydrogen-bond acceptors (Lipinski definition) is 3. The molecule has 2 N–H and O–H groups in total. The van der Waals surface area contributed by atoms with Gasteiger partial charge in [-0.15, -0.1) is 0 Å². The van der Waals surface area contributed by atoms with E-state index in [0.29, 0.717) is 32.6 Å². The van der Waals surface area contributed by atoms with Crippen molar-refractivity contribution in [3.63, 3.8) is 0 Å². The van der Waals surface area contributed by atoms with Crippen molar-refractivity contribution in [2.24, 2.45) is 0 Å². The van der Waals surface area contributed by atoms with Gasteiger partial charge in [-0.25, -0.2) is 4.79 Å². The largest absolute Gasteiger partial charge is 0.341 e. The zero-order chi connectivity index (χ0) is 14.9. The van der Waals surface area contributed by atoms with Gasteiger partial charge in [-0.1, -0.05) is 18.2 Å². The van der Waals surface area contributed by atoms with E-state index in [1.807, 2.05) is 30.3 Å². The van der Waals surface area contributed by atoms with Gasteiger partial charge in [-0.2, -0.15) is 0 Å². The molecule has 0 bridgehead atoms. The monoisotopic (exact) mass is 288 g/mol. The van der Waals surface area contributed by atoms with Crippen molar-refractivity contribution in [3.8, 4) is 0 Å². The number of rotatable bonds is 1. The molecule has 6 nitrogen and oxygen atoms in total. The number of likely N-dealkylation sites (tertiary alicyclic amines) is 1. The van der Waals surface area contributed by atoms with E-state index in [2.05, 4.69) is 15.5 Å². The average molecular weight is 288 g/mol. The van der Waals surface area contributed by atoms with E-state index in [1.54, 1.807) is 11.9 Å². The fraction of sp³-hybridized carbons (Fsp3) is 0.467. The van der Waals surface area contributed by atoms with Gasteiger partial charge < -0.3 is 20.4 Å². The summed E-state index contributed by atoms with van der Waals surface area (Å²) in [7, 11) is 1.63. The molecule has 2 heterocycles. The van der Waals surface area contributed by atoms with Crippen molar-refractivity contribution in [3.05, 3.63) is 30.3 Å². The zero-order valence-corrected chi connectivity index (χ0v) is 12.1. The molecule has 1 aromatic carbocycles. The van der Waals surface area contributed by atoms with Crippen LogP contribution >= 0.6 is 0 Å². The van der Waals surface area contributed by atoms with Crippen LogP contribution in [-0.2, 0) is 4.79 Å². The number of hydrogen-bond donors (Lipinski definition) is 2. The lowest BCUT2D eigenvalue weighted by atomic mass is 9.86. The highest BCUT2D eigenvalue weighted by atomic mass is 16.2. The van der Waals surface area contributed by atoms with E-state index in [0.717, 1.165) is 5.69 Å². The summed E-state index contributed by atoms with van der Waals surface area (Å²) in [6, 6.07) is 9.89. The van der Waals surface area contributed by atoms with Crippen LogP contribution in [0.2, 0.25) is 0 Å². The Morgan fingerprint density at radius 1 is 1.24 bits per heavy atom. The summed E-state index contributed by atoms with van der Waals surface area (Å²) >= 11 is 0. The summed E-state index contributed by atoms with van der Waals surface area (Å²) < 4.78 is 0. The van der Waals surface area contributed by atoms with Crippen LogP contribution in [0.25, 0.3) is 0 Å². The molecule has 3 amide bonds. The maximum Gasteiger partial charge on any atom is 0.317 e. The molecule has 2 aliphatic rings. The second-order valence-electron chi connectivity index (χ2n) is 5.50. The maximum absolute atomic E-state index is 12.4. The van der Waals surface area contributed by atoms with Crippen molar-refractivity contribution in [1.82, 2.24) is 15.5 Å². The second-order valence-corrected chi connectivity index (χ2v) is 5.50. The molecule has 112 valence electrons. The minimum absolute atomic E-state index is 0.0721. The van der Waals surface area contributed by atoms with Crippen LogP contribution in [0.4, 0.5) is 10.5 Å². The third-order valence-corrected chi connectivity index (χ3v) is 4.50. The van der Waals surface area contributed by atoms with Crippen LogP contribution in [-0.4, -0.2) is 49.2 Å². The van der Waals surface area contributed by atoms with Crippen LogP contribution in [0.3, 0.4) is 0 Å². The number of nitrogens with one attached hydrogen (secondary N) is 2. The summed E-state index contributed by atoms with van der Waals surface area (Å²) in [6.07, 6.45) is 1.31. The normalized spacial score (nSPS) is 20.5. The Bertz CT molecular complexity index is 538. The third-order valence-electron chi connectivity index (χ3n) is 4.50. The van der Waals surface area contributed by atoms with E-state index in [9.17, 15) is 9.59 Å². The summed E-state index contributed by atoms with van der Waals surface area (Å²) in [5.74, 6) is 0.0721. The maximum atomic E-state index is 12.4. The third kappa shape index (κ3) is 2.20. The molecule has 0 radical (unpaired) electrons. The molecule has 0 atom stereocenters. The summed E-state index contributed by atoms with van der Waals surface area (Å²) in [5, 5.41) is 5.60. The molecule has 0 saturated carbocycles. The number of nitrogens with zero attached hydrogens (tertiary/aromatic N) is 2. The molecule has 2 saturated heterocycles. The van der Waals surface area contributed by atoms with Crippen LogP contribution < -0.4 is 15.5 Å². The molecule has 1 spiro atoms. The minimum atomic E-state index is -0.522. The Morgan fingerprint density at radius 3 is 2.52 bits per heavy atom. The smallest absolute Gasteiger partial charge is 0.317 e. The van der Waals surface area contributed by atoms with E-state index < -0.39 is 5.54 Å². The molecule has 21 heavy (non-hydrogen) atoms. The van der Waals surface area contributed by atoms with E-state index >= 15 is 0 Å². The Labute approximate surface area is 124 Å². The molecule has 0 aliphatic carbocycles. The van der Waals surface area contributed by atoms with Gasteiger partial charge in [0.05, 0.1) is 6.67 Å². The lowest BCUT2D eigenvalue weighted by molar-refractivity contribution is -0.124. The predicted octanol–water partition coefficient (Wildman–Crippen LogP) is 0.754. The highest BCUT2D eigenvalue weighted by Crippen LogP contribution is 2.36. The van der Waals surface area contributed by atoms with Gasteiger partial charge >= 0.3 is 6.03 Å². The van der Waals surface area contributed by atoms with Crippen molar-refractivity contribution in [2.75, 3.05) is 31.7 Å². The number of benzene rings is 1. The van der Waals surface area contributed by atoms with E-state index in [1.165, 1.54) is 0 Å². The van der Waals surface area contributed by atoms with Gasteiger partial charge in [0.2, 0.25) is 5.91 Å². The minimum Gasteiger partial charge on any atom is -0.341 e. The number of anilines is 1. The molecule has 2 aliphatic heterocycles. The molecule has 3 rings (SSSR count). The van der Waals surface area contributed by atoms with Gasteiger partial charge in [-0.3, -0.25) is 4.79 Å². The molecule has 1 aromatic rings. The number of piperidine rings is 1. The summed E-state index contributed by atoms with van der Waals surface area (Å²) in [5.41, 5.74) is 0.524. The second kappa shape index (κ2) is 5.27. The fourth-order valence-corrected chi connectivity index (χ4v) is 3.27. The van der Waals surface area contributed by atoms with Crippen LogP contribution in [0.1, 0.15) is 12.8 Å². The van der Waals surface area contributed by atoms with Gasteiger partial charge in [0.15, 0.2) is 0 Å². The van der Waals surface area contributed by atoms with Crippen molar-refractivity contribution >= 4 is 17.6 Å². The van der Waals surface area contributed by atoms with Gasteiger partial charge in [-0.05, 0) is 25.0 Å². The topological polar surface area (TPSA) is 64.7 Å². The molecule has 6 heteroatoms. The van der Waals surface area contributed by atoms with Crippen LogP contribution in [0.15, 0.2) is 30.3 Å². The first-order valence-electron chi connectivity index (χ1n) is 7.25. The van der Waals surface area contributed by atoms with Gasteiger partial charge in [0.1, 0.15) is 5.54 Å². The molecular weight excluding hydrogens is 268 g/mol.